The molecular weight excluding hydrogens is 552 g/mol. The topological polar surface area (TPSA) is 133 Å². The monoisotopic (exact) mass is 580 g/mol. The maximum Gasteiger partial charge on any atom is 0.353 e. The van der Waals surface area contributed by atoms with Crippen molar-refractivity contribution in [1.29, 1.82) is 0 Å². The van der Waals surface area contributed by atoms with Crippen LogP contribution in [0.25, 0.3) is 33.1 Å². The molecule has 2 N–H and O–H groups in total. The summed E-state index contributed by atoms with van der Waals surface area (Å²) in [4.78, 5) is 12.9. The highest BCUT2D eigenvalue weighted by molar-refractivity contribution is 7.92. The number of ether oxygens (including phenoxy) is 2. The predicted octanol–water partition coefficient (Wildman–Crippen LogP) is 5.62. The van der Waals surface area contributed by atoms with E-state index in [0.29, 0.717) is 45.6 Å². The molecule has 3 aromatic carbocycles. The van der Waals surface area contributed by atoms with Gasteiger partial charge in [-0.05, 0) is 54.4 Å². The molecule has 0 radical (unpaired) electrons. The zero-order valence-electron chi connectivity index (χ0n) is 22.2. The maximum absolute atomic E-state index is 12.9. The number of aromatic nitrogens is 3. The third-order valence-corrected chi connectivity index (χ3v) is 8.57. The van der Waals surface area contributed by atoms with Crippen LogP contribution in [0.15, 0.2) is 54.6 Å². The number of nitrogens with zero attached hydrogens (tertiary/aromatic N) is 3. The molecule has 2 aromatic heterocycles. The molecule has 40 heavy (non-hydrogen) atoms. The van der Waals surface area contributed by atoms with Gasteiger partial charge in [0.1, 0.15) is 28.2 Å². The third-order valence-electron chi connectivity index (χ3n) is 6.64. The number of aromatic carboxylic acids is 1. The number of hydrogen-bond acceptors (Lipinski definition) is 8. The Kier molecular flexibility index (Phi) is 7.63. The maximum atomic E-state index is 12.9. The van der Waals surface area contributed by atoms with E-state index >= 15 is 0 Å². The molecule has 0 saturated carbocycles. The summed E-state index contributed by atoms with van der Waals surface area (Å²) in [6, 6.07) is 15.9. The van der Waals surface area contributed by atoms with Crippen LogP contribution in [-0.4, -0.2) is 52.8 Å². The first-order valence-electron chi connectivity index (χ1n) is 12.6. The summed E-state index contributed by atoms with van der Waals surface area (Å²) in [5.74, 6) is -0.165. The summed E-state index contributed by atoms with van der Waals surface area (Å²) >= 11 is 1.12. The second-order valence-electron chi connectivity index (χ2n) is 9.27. The van der Waals surface area contributed by atoms with E-state index in [9.17, 15) is 18.3 Å². The van der Waals surface area contributed by atoms with E-state index in [-0.39, 0.29) is 18.0 Å². The first kappa shape index (κ1) is 27.4. The van der Waals surface area contributed by atoms with Crippen molar-refractivity contribution in [3.05, 3.63) is 65.9 Å². The lowest BCUT2D eigenvalue weighted by atomic mass is 10.00. The Balaban J connectivity index is 1.74. The molecule has 5 rings (SSSR count). The highest BCUT2D eigenvalue weighted by atomic mass is 32.2. The molecule has 10 nitrogen and oxygen atoms in total. The molecular formula is C28H28N4O6S2. The molecule has 0 amide bonds. The van der Waals surface area contributed by atoms with Crippen molar-refractivity contribution in [3.8, 4) is 22.6 Å². The predicted molar refractivity (Wildman–Crippen MR) is 156 cm³/mol. The van der Waals surface area contributed by atoms with E-state index in [1.807, 2.05) is 25.1 Å². The number of anilines is 1. The lowest BCUT2D eigenvalue weighted by Crippen LogP contribution is -2.16. The molecule has 0 atom stereocenters. The Labute approximate surface area is 235 Å². The quantitative estimate of drug-likeness (QED) is 0.206. The van der Waals surface area contributed by atoms with Crippen LogP contribution < -0.4 is 14.2 Å². The van der Waals surface area contributed by atoms with Gasteiger partial charge < -0.3 is 19.1 Å². The highest BCUT2D eigenvalue weighted by Gasteiger charge is 2.27. The average Bonchev–Trinajstić information content (AvgIpc) is 3.53. The van der Waals surface area contributed by atoms with Gasteiger partial charge in [-0.25, -0.2) is 13.2 Å². The van der Waals surface area contributed by atoms with Gasteiger partial charge in [0.25, 0.3) is 0 Å². The molecule has 0 spiro atoms. The van der Waals surface area contributed by atoms with Crippen LogP contribution in [0.3, 0.4) is 0 Å². The van der Waals surface area contributed by atoms with Crippen LogP contribution >= 0.6 is 11.7 Å². The summed E-state index contributed by atoms with van der Waals surface area (Å²) in [6.45, 7) is 2.17. The third kappa shape index (κ3) is 5.32. The van der Waals surface area contributed by atoms with Gasteiger partial charge in [-0.15, -0.1) is 0 Å². The Morgan fingerprint density at radius 3 is 2.55 bits per heavy atom. The van der Waals surface area contributed by atoms with E-state index in [1.54, 1.807) is 41.0 Å². The van der Waals surface area contributed by atoms with Crippen LogP contribution in [0.5, 0.6) is 11.5 Å². The second kappa shape index (κ2) is 11.1. The van der Waals surface area contributed by atoms with Crippen molar-refractivity contribution in [1.82, 2.24) is 13.3 Å². The molecule has 208 valence electrons. The second-order valence-corrected chi connectivity index (χ2v) is 11.6. The number of carbonyl (C=O) groups is 1. The minimum atomic E-state index is -3.57. The highest BCUT2D eigenvalue weighted by Crippen LogP contribution is 2.42. The summed E-state index contributed by atoms with van der Waals surface area (Å²) in [5, 5.41) is 11.1. The van der Waals surface area contributed by atoms with Crippen molar-refractivity contribution in [2.45, 2.75) is 26.3 Å². The van der Waals surface area contributed by atoms with E-state index in [1.165, 1.54) is 14.2 Å². The number of hydrogen-bond donors (Lipinski definition) is 2. The lowest BCUT2D eigenvalue weighted by molar-refractivity contribution is 0.0687. The largest absolute Gasteiger partial charge is 0.497 e. The smallest absolute Gasteiger partial charge is 0.353 e. The zero-order chi connectivity index (χ0) is 28.4. The van der Waals surface area contributed by atoms with Gasteiger partial charge >= 0.3 is 5.97 Å². The summed E-state index contributed by atoms with van der Waals surface area (Å²) in [7, 11) is -0.536. The SMILES string of the molecule is CCCCS(=O)(=O)Nc1ccc2c(c1)c(-c1ccc(OC)cc1OC)c(C(=O)O)n2Cc1ccc2nsnc2c1. The molecule has 0 unspecified atom stereocenters. The number of benzene rings is 3. The summed E-state index contributed by atoms with van der Waals surface area (Å²) in [5.41, 5.74) is 4.31. The Morgan fingerprint density at radius 1 is 1.02 bits per heavy atom. The molecule has 12 heteroatoms. The van der Waals surface area contributed by atoms with Crippen molar-refractivity contribution in [2.24, 2.45) is 0 Å². The van der Waals surface area contributed by atoms with E-state index in [0.717, 1.165) is 34.7 Å². The lowest BCUT2D eigenvalue weighted by Gasteiger charge is -2.12. The molecule has 0 aliphatic rings. The first-order valence-corrected chi connectivity index (χ1v) is 15.0. The molecule has 0 fully saturated rings. The van der Waals surface area contributed by atoms with Gasteiger partial charge in [0.2, 0.25) is 10.0 Å². The van der Waals surface area contributed by atoms with Gasteiger partial charge in [-0.3, -0.25) is 4.72 Å². The van der Waals surface area contributed by atoms with Crippen molar-refractivity contribution in [3.63, 3.8) is 0 Å². The summed E-state index contributed by atoms with van der Waals surface area (Å²) in [6.07, 6.45) is 1.28. The molecule has 0 aliphatic carbocycles. The molecule has 0 bridgehead atoms. The zero-order valence-corrected chi connectivity index (χ0v) is 23.8. The minimum Gasteiger partial charge on any atom is -0.497 e. The standard InChI is InChI=1S/C28H28N4O6S2/c1-4-5-12-40(35,36)31-18-7-11-24-21(14-18)26(20-9-8-19(37-2)15-25(20)38-3)27(28(33)34)32(24)16-17-6-10-22-23(13-17)30-39-29-22/h6-11,13-15,31H,4-5,12,16H2,1-3H3,(H,33,34). The fourth-order valence-electron chi connectivity index (χ4n) is 4.76. The molecule has 5 aromatic rings. The van der Waals surface area contributed by atoms with Crippen molar-refractivity contribution < 1.29 is 27.8 Å². The number of rotatable bonds is 11. The van der Waals surface area contributed by atoms with E-state index < -0.39 is 16.0 Å². The van der Waals surface area contributed by atoms with Gasteiger partial charge in [-0.1, -0.05) is 19.4 Å². The molecule has 2 heterocycles. The number of carboxylic acid groups (broad SMARTS) is 1. The van der Waals surface area contributed by atoms with Gasteiger partial charge in [0.05, 0.1) is 31.7 Å². The molecule has 0 aliphatic heterocycles. The Hall–Kier alpha value is -4.16. The van der Waals surface area contributed by atoms with Gasteiger partial charge in [-0.2, -0.15) is 8.75 Å². The van der Waals surface area contributed by atoms with Gasteiger partial charge in [0, 0.05) is 40.3 Å². The Bertz CT molecular complexity index is 1830. The fraction of sp³-hybridized carbons (Fsp3) is 0.250. The van der Waals surface area contributed by atoms with Crippen LogP contribution in [0.2, 0.25) is 0 Å². The molecule has 0 saturated heterocycles. The number of sulfonamides is 1. The minimum absolute atomic E-state index is 0.00393. The van der Waals surface area contributed by atoms with Crippen LogP contribution in [0.1, 0.15) is 35.8 Å². The van der Waals surface area contributed by atoms with Crippen LogP contribution in [0, 0.1) is 0 Å². The Morgan fingerprint density at radius 2 is 1.82 bits per heavy atom. The number of nitrogens with one attached hydrogen (secondary N) is 1. The number of unbranched alkanes of at least 4 members (excludes halogenated alkanes) is 1. The van der Waals surface area contributed by atoms with Crippen LogP contribution in [-0.2, 0) is 16.6 Å². The number of fused-ring (bicyclic) bond motifs is 2. The van der Waals surface area contributed by atoms with E-state index in [4.69, 9.17) is 9.47 Å². The van der Waals surface area contributed by atoms with Gasteiger partial charge in [0.15, 0.2) is 0 Å². The van der Waals surface area contributed by atoms with Crippen molar-refractivity contribution in [2.75, 3.05) is 24.7 Å². The first-order chi connectivity index (χ1) is 19.2. The van der Waals surface area contributed by atoms with Crippen molar-refractivity contribution >= 4 is 55.3 Å². The van der Waals surface area contributed by atoms with E-state index in [2.05, 4.69) is 13.5 Å². The van der Waals surface area contributed by atoms with Crippen LogP contribution in [0.4, 0.5) is 5.69 Å². The summed E-state index contributed by atoms with van der Waals surface area (Å²) < 4.78 is 49.2. The fourth-order valence-corrected chi connectivity index (χ4v) is 6.53. The number of carboxylic acids is 1. The normalized spacial score (nSPS) is 11.7. The average molecular weight is 581 g/mol. The number of methoxy groups -OCH3 is 2.